The van der Waals surface area contributed by atoms with Gasteiger partial charge in [0.1, 0.15) is 18.8 Å². The quantitative estimate of drug-likeness (QED) is 0.735. The van der Waals surface area contributed by atoms with Crippen LogP contribution in [0.1, 0.15) is 11.9 Å². The van der Waals surface area contributed by atoms with Gasteiger partial charge in [0.2, 0.25) is 0 Å². The molecule has 66 valence electrons. The zero-order chi connectivity index (χ0) is 8.97. The van der Waals surface area contributed by atoms with Gasteiger partial charge in [-0.3, -0.25) is 0 Å². The Bertz CT molecular complexity index is 232. The monoisotopic (exact) mass is 208 g/mol. The van der Waals surface area contributed by atoms with Crippen molar-refractivity contribution < 1.29 is 5.11 Å². The molecule has 1 heterocycles. The van der Waals surface area contributed by atoms with Gasteiger partial charge in [0, 0.05) is 0 Å². The van der Waals surface area contributed by atoms with Crippen LogP contribution in [0, 0.1) is 0 Å². The van der Waals surface area contributed by atoms with E-state index in [2.05, 4.69) is 15.0 Å². The van der Waals surface area contributed by atoms with Gasteiger partial charge >= 0.3 is 0 Å². The molecule has 5 nitrogen and oxygen atoms in total. The van der Waals surface area contributed by atoms with E-state index in [1.54, 1.807) is 0 Å². The molecule has 0 saturated heterocycles. The summed E-state index contributed by atoms with van der Waals surface area (Å²) in [5, 5.41) is 9.33. The molecular formula is C5H6Cl2N4O. The highest BCUT2D eigenvalue weighted by Gasteiger charge is 2.12. The Morgan fingerprint density at radius 3 is 2.50 bits per heavy atom. The van der Waals surface area contributed by atoms with Crippen LogP contribution < -0.4 is 0 Å². The van der Waals surface area contributed by atoms with E-state index in [-0.39, 0.29) is 12.4 Å². The van der Waals surface area contributed by atoms with Crippen LogP contribution in [0.25, 0.3) is 0 Å². The first-order chi connectivity index (χ1) is 5.70. The predicted octanol–water partition coefficient (Wildman–Crippen LogP) is 0.515. The van der Waals surface area contributed by atoms with E-state index in [9.17, 15) is 5.11 Å². The minimum atomic E-state index is -0.900. The van der Waals surface area contributed by atoms with Crippen molar-refractivity contribution in [2.75, 3.05) is 6.54 Å². The molecule has 0 aliphatic rings. The number of halogens is 2. The van der Waals surface area contributed by atoms with Gasteiger partial charge in [0.15, 0.2) is 5.82 Å². The van der Waals surface area contributed by atoms with Crippen molar-refractivity contribution in [3.8, 4) is 0 Å². The molecule has 1 aromatic heterocycles. The molecule has 0 fully saturated rings. The summed E-state index contributed by atoms with van der Waals surface area (Å²) in [5.74, 6) is 0.247. The van der Waals surface area contributed by atoms with E-state index in [1.165, 1.54) is 12.7 Å². The first-order valence-corrected chi connectivity index (χ1v) is 3.77. The molecule has 0 spiro atoms. The fraction of sp³-hybridized carbons (Fsp3) is 0.400. The first kappa shape index (κ1) is 9.60. The lowest BCUT2D eigenvalue weighted by atomic mass is 10.3. The average Bonchev–Trinajstić information content (AvgIpc) is 2.05. The van der Waals surface area contributed by atoms with Crippen LogP contribution in [-0.2, 0) is 0 Å². The Labute approximate surface area is 79.2 Å². The molecule has 1 unspecified atom stereocenters. The molecule has 0 amide bonds. The van der Waals surface area contributed by atoms with Crippen molar-refractivity contribution in [1.82, 2.24) is 18.9 Å². The van der Waals surface area contributed by atoms with Crippen LogP contribution in [0.15, 0.2) is 12.7 Å². The maximum absolute atomic E-state index is 9.33. The standard InChI is InChI=1S/C5H6Cl2N4O/c6-11(7)1-4(12)5-9-2-8-3-10-5/h2-4,12H,1H2. The van der Waals surface area contributed by atoms with Gasteiger partial charge in [-0.2, -0.15) is 0 Å². The number of rotatable bonds is 3. The Morgan fingerprint density at radius 2 is 2.00 bits per heavy atom. The molecular weight excluding hydrogens is 203 g/mol. The van der Waals surface area contributed by atoms with Crippen molar-refractivity contribution in [3.63, 3.8) is 0 Å². The SMILES string of the molecule is OC(CN(Cl)Cl)c1ncncn1. The fourth-order valence-corrected chi connectivity index (χ4v) is 0.894. The van der Waals surface area contributed by atoms with Gasteiger partial charge < -0.3 is 5.11 Å². The number of aliphatic hydroxyl groups excluding tert-OH is 1. The second-order valence-electron chi connectivity index (χ2n) is 2.00. The minimum absolute atomic E-state index is 0.0487. The van der Waals surface area contributed by atoms with E-state index in [4.69, 9.17) is 23.6 Å². The zero-order valence-corrected chi connectivity index (χ0v) is 7.44. The summed E-state index contributed by atoms with van der Waals surface area (Å²) in [6, 6.07) is 0. The van der Waals surface area contributed by atoms with Gasteiger partial charge in [-0.05, 0) is 23.6 Å². The third-order valence-corrected chi connectivity index (χ3v) is 1.40. The highest BCUT2D eigenvalue weighted by Crippen LogP contribution is 2.10. The molecule has 0 aliphatic heterocycles. The van der Waals surface area contributed by atoms with Crippen molar-refractivity contribution in [1.29, 1.82) is 0 Å². The van der Waals surface area contributed by atoms with Crippen LogP contribution >= 0.6 is 23.6 Å². The lowest BCUT2D eigenvalue weighted by Gasteiger charge is -2.09. The van der Waals surface area contributed by atoms with Crippen LogP contribution in [0.2, 0.25) is 0 Å². The third kappa shape index (κ3) is 2.86. The fourth-order valence-electron chi connectivity index (χ4n) is 0.633. The summed E-state index contributed by atoms with van der Waals surface area (Å²) < 4.78 is 0.814. The van der Waals surface area contributed by atoms with Crippen molar-refractivity contribution in [2.45, 2.75) is 6.10 Å². The number of hydrogen-bond donors (Lipinski definition) is 1. The molecule has 7 heteroatoms. The summed E-state index contributed by atoms with van der Waals surface area (Å²) in [7, 11) is 0. The number of hydrogen-bond acceptors (Lipinski definition) is 5. The third-order valence-electron chi connectivity index (χ3n) is 1.12. The maximum Gasteiger partial charge on any atom is 0.161 e. The average molecular weight is 209 g/mol. The van der Waals surface area contributed by atoms with Crippen LogP contribution in [0.4, 0.5) is 0 Å². The zero-order valence-electron chi connectivity index (χ0n) is 5.93. The molecule has 0 aromatic carbocycles. The Balaban J connectivity index is 2.59. The highest BCUT2D eigenvalue weighted by molar-refractivity contribution is 6.33. The van der Waals surface area contributed by atoms with E-state index in [0.717, 1.165) is 3.94 Å². The largest absolute Gasteiger partial charge is 0.384 e. The smallest absolute Gasteiger partial charge is 0.161 e. The van der Waals surface area contributed by atoms with E-state index in [0.29, 0.717) is 0 Å². The number of aromatic nitrogens is 3. The molecule has 0 aliphatic carbocycles. The summed E-state index contributed by atoms with van der Waals surface area (Å²) in [5.41, 5.74) is 0. The molecule has 1 N–H and O–H groups in total. The van der Waals surface area contributed by atoms with E-state index < -0.39 is 6.10 Å². The number of nitrogens with zero attached hydrogens (tertiary/aromatic N) is 4. The Morgan fingerprint density at radius 1 is 1.42 bits per heavy atom. The van der Waals surface area contributed by atoms with E-state index >= 15 is 0 Å². The molecule has 0 bridgehead atoms. The van der Waals surface area contributed by atoms with Gasteiger partial charge in [-0.1, -0.05) is 0 Å². The van der Waals surface area contributed by atoms with Crippen molar-refractivity contribution in [3.05, 3.63) is 18.5 Å². The van der Waals surface area contributed by atoms with E-state index in [1.807, 2.05) is 0 Å². The lowest BCUT2D eigenvalue weighted by Crippen LogP contribution is -2.14. The second kappa shape index (κ2) is 4.51. The van der Waals surface area contributed by atoms with Crippen LogP contribution in [0.5, 0.6) is 0 Å². The minimum Gasteiger partial charge on any atom is -0.384 e. The summed E-state index contributed by atoms with van der Waals surface area (Å²) in [6.07, 6.45) is 1.68. The van der Waals surface area contributed by atoms with Gasteiger partial charge in [-0.25, -0.2) is 15.0 Å². The summed E-state index contributed by atoms with van der Waals surface area (Å²) in [4.78, 5) is 11.0. The summed E-state index contributed by atoms with van der Waals surface area (Å²) in [6.45, 7) is 0.0487. The summed E-state index contributed by atoms with van der Waals surface area (Å²) >= 11 is 10.6. The van der Waals surface area contributed by atoms with Crippen molar-refractivity contribution in [2.24, 2.45) is 0 Å². The molecule has 0 saturated carbocycles. The molecule has 0 radical (unpaired) electrons. The normalized spacial score (nSPS) is 13.3. The van der Waals surface area contributed by atoms with Gasteiger partial charge in [0.25, 0.3) is 0 Å². The highest BCUT2D eigenvalue weighted by atomic mass is 35.5. The lowest BCUT2D eigenvalue weighted by molar-refractivity contribution is 0.157. The Hall–Kier alpha value is -0.490. The molecule has 1 aromatic rings. The topological polar surface area (TPSA) is 62.1 Å². The second-order valence-corrected chi connectivity index (χ2v) is 2.99. The van der Waals surface area contributed by atoms with Crippen molar-refractivity contribution >= 4 is 23.6 Å². The number of aliphatic hydroxyl groups is 1. The van der Waals surface area contributed by atoms with Crippen LogP contribution in [-0.4, -0.2) is 30.5 Å². The predicted molar refractivity (Wildman–Crippen MR) is 43.2 cm³/mol. The van der Waals surface area contributed by atoms with Gasteiger partial charge in [0.05, 0.1) is 6.54 Å². The first-order valence-electron chi connectivity index (χ1n) is 3.09. The molecule has 1 rings (SSSR count). The molecule has 1 atom stereocenters. The maximum atomic E-state index is 9.33. The Kier molecular flexibility index (Phi) is 3.61. The molecule has 12 heavy (non-hydrogen) atoms. The van der Waals surface area contributed by atoms with Crippen LogP contribution in [0.3, 0.4) is 0 Å². The van der Waals surface area contributed by atoms with Gasteiger partial charge in [-0.15, -0.1) is 3.94 Å².